The van der Waals surface area contributed by atoms with Crippen LogP contribution in [-0.2, 0) is 6.61 Å². The Morgan fingerprint density at radius 3 is 2.47 bits per heavy atom. The van der Waals surface area contributed by atoms with E-state index >= 15 is 0 Å². The lowest BCUT2D eigenvalue weighted by Crippen LogP contribution is -1.95. The van der Waals surface area contributed by atoms with Crippen molar-refractivity contribution in [2.24, 2.45) is 0 Å². The van der Waals surface area contributed by atoms with Crippen LogP contribution in [0.3, 0.4) is 0 Å². The molecule has 2 heteroatoms. The quantitative estimate of drug-likeness (QED) is 0.878. The third-order valence-electron chi connectivity index (χ3n) is 3.25. The van der Waals surface area contributed by atoms with Gasteiger partial charge in [0.2, 0.25) is 0 Å². The van der Waals surface area contributed by atoms with Gasteiger partial charge < -0.3 is 9.84 Å². The van der Waals surface area contributed by atoms with Crippen LogP contribution < -0.4 is 4.74 Å². The molecule has 0 heterocycles. The molecule has 100 valence electrons. The summed E-state index contributed by atoms with van der Waals surface area (Å²) in [4.78, 5) is 0. The zero-order valence-corrected chi connectivity index (χ0v) is 11.7. The summed E-state index contributed by atoms with van der Waals surface area (Å²) < 4.78 is 5.97. The summed E-state index contributed by atoms with van der Waals surface area (Å²) in [6.45, 7) is 6.35. The van der Waals surface area contributed by atoms with Gasteiger partial charge in [-0.15, -0.1) is 0 Å². The number of para-hydroxylation sites is 1. The Bertz CT molecular complexity index is 559. The number of hydrogen-bond donors (Lipinski definition) is 1. The molecule has 2 rings (SSSR count). The van der Waals surface area contributed by atoms with Gasteiger partial charge in [-0.1, -0.05) is 38.1 Å². The average molecular weight is 256 g/mol. The van der Waals surface area contributed by atoms with E-state index in [-0.39, 0.29) is 6.61 Å². The maximum atomic E-state index is 9.18. The van der Waals surface area contributed by atoms with Crippen molar-refractivity contribution in [1.82, 2.24) is 0 Å². The lowest BCUT2D eigenvalue weighted by molar-refractivity contribution is 0.281. The number of aryl methyl sites for hydroxylation is 1. The number of ether oxygens (including phenoxy) is 1. The number of aliphatic hydroxyl groups excluding tert-OH is 1. The molecule has 0 saturated heterocycles. The first kappa shape index (κ1) is 13.6. The van der Waals surface area contributed by atoms with Gasteiger partial charge in [-0.2, -0.15) is 0 Å². The average Bonchev–Trinajstić information content (AvgIpc) is 2.39. The van der Waals surface area contributed by atoms with Crippen molar-refractivity contribution in [3.05, 3.63) is 59.2 Å². The molecule has 2 aromatic carbocycles. The van der Waals surface area contributed by atoms with Gasteiger partial charge in [-0.25, -0.2) is 0 Å². The summed E-state index contributed by atoms with van der Waals surface area (Å²) in [6, 6.07) is 13.9. The maximum Gasteiger partial charge on any atom is 0.130 e. The van der Waals surface area contributed by atoms with Gasteiger partial charge in [-0.3, -0.25) is 0 Å². The smallest absolute Gasteiger partial charge is 0.130 e. The molecule has 0 bridgehead atoms. The Morgan fingerprint density at radius 1 is 1.11 bits per heavy atom. The Morgan fingerprint density at radius 2 is 1.84 bits per heavy atom. The molecule has 0 amide bonds. The highest BCUT2D eigenvalue weighted by Gasteiger charge is 2.08. The van der Waals surface area contributed by atoms with Crippen LogP contribution >= 0.6 is 0 Å². The monoisotopic (exact) mass is 256 g/mol. The molecule has 0 unspecified atom stereocenters. The first-order valence-electron chi connectivity index (χ1n) is 6.59. The summed E-state index contributed by atoms with van der Waals surface area (Å²) in [6.07, 6.45) is 0. The van der Waals surface area contributed by atoms with Crippen LogP contribution in [0.15, 0.2) is 42.5 Å². The van der Waals surface area contributed by atoms with Crippen molar-refractivity contribution in [2.75, 3.05) is 0 Å². The molecule has 2 nitrogen and oxygen atoms in total. The fourth-order valence-corrected chi connectivity index (χ4v) is 2.09. The summed E-state index contributed by atoms with van der Waals surface area (Å²) >= 11 is 0. The molecule has 0 aliphatic carbocycles. The SMILES string of the molecule is Cc1cc(Oc2ccccc2C(C)C)ccc1CO. The minimum atomic E-state index is 0.0642. The normalized spacial score (nSPS) is 10.8. The van der Waals surface area contributed by atoms with E-state index in [1.807, 2.05) is 43.3 Å². The van der Waals surface area contributed by atoms with E-state index in [9.17, 15) is 5.11 Å². The molecule has 2 aromatic rings. The second-order valence-corrected chi connectivity index (χ2v) is 5.04. The molecule has 0 atom stereocenters. The molecular formula is C17H20O2. The maximum absolute atomic E-state index is 9.18. The van der Waals surface area contributed by atoms with E-state index in [0.29, 0.717) is 5.92 Å². The lowest BCUT2D eigenvalue weighted by atomic mass is 10.0. The third-order valence-corrected chi connectivity index (χ3v) is 3.25. The third kappa shape index (κ3) is 3.15. The molecule has 0 fully saturated rings. The van der Waals surface area contributed by atoms with E-state index in [0.717, 1.165) is 22.6 Å². The predicted molar refractivity (Wildman–Crippen MR) is 77.7 cm³/mol. The minimum Gasteiger partial charge on any atom is -0.457 e. The molecule has 1 N–H and O–H groups in total. The van der Waals surface area contributed by atoms with Crippen LogP contribution in [0.4, 0.5) is 0 Å². The van der Waals surface area contributed by atoms with E-state index < -0.39 is 0 Å². The lowest BCUT2D eigenvalue weighted by Gasteiger charge is -2.14. The van der Waals surface area contributed by atoms with Gasteiger partial charge in [-0.05, 0) is 47.7 Å². The van der Waals surface area contributed by atoms with Gasteiger partial charge >= 0.3 is 0 Å². The highest BCUT2D eigenvalue weighted by molar-refractivity contribution is 5.41. The summed E-state index contributed by atoms with van der Waals surface area (Å²) in [5.41, 5.74) is 3.18. The molecule has 0 radical (unpaired) electrons. The second kappa shape index (κ2) is 5.89. The highest BCUT2D eigenvalue weighted by atomic mass is 16.5. The zero-order valence-electron chi connectivity index (χ0n) is 11.7. The van der Waals surface area contributed by atoms with Crippen molar-refractivity contribution in [1.29, 1.82) is 0 Å². The molecule has 0 aromatic heterocycles. The van der Waals surface area contributed by atoms with Gasteiger partial charge in [0.15, 0.2) is 0 Å². The van der Waals surface area contributed by atoms with Crippen molar-refractivity contribution >= 4 is 0 Å². The van der Waals surface area contributed by atoms with Crippen molar-refractivity contribution in [3.63, 3.8) is 0 Å². The first-order valence-corrected chi connectivity index (χ1v) is 6.59. The molecule has 0 saturated carbocycles. The standard InChI is InChI=1S/C17H20O2/c1-12(2)16-6-4-5-7-17(16)19-15-9-8-14(11-18)13(3)10-15/h4-10,12,18H,11H2,1-3H3. The topological polar surface area (TPSA) is 29.5 Å². The van der Waals surface area contributed by atoms with Gasteiger partial charge in [0, 0.05) is 0 Å². The van der Waals surface area contributed by atoms with Crippen molar-refractivity contribution in [2.45, 2.75) is 33.3 Å². The molecule has 0 aliphatic rings. The Kier molecular flexibility index (Phi) is 4.23. The zero-order chi connectivity index (χ0) is 13.8. The second-order valence-electron chi connectivity index (χ2n) is 5.04. The van der Waals surface area contributed by atoms with Crippen LogP contribution in [0.1, 0.15) is 36.5 Å². The highest BCUT2D eigenvalue weighted by Crippen LogP contribution is 2.31. The summed E-state index contributed by atoms with van der Waals surface area (Å²) in [5, 5.41) is 9.18. The summed E-state index contributed by atoms with van der Waals surface area (Å²) in [5.74, 6) is 2.13. The molecule has 0 aliphatic heterocycles. The van der Waals surface area contributed by atoms with Gasteiger partial charge in [0.1, 0.15) is 11.5 Å². The predicted octanol–water partition coefficient (Wildman–Crippen LogP) is 4.40. The van der Waals surface area contributed by atoms with Gasteiger partial charge in [0.25, 0.3) is 0 Å². The number of benzene rings is 2. The molecular weight excluding hydrogens is 236 g/mol. The van der Waals surface area contributed by atoms with Crippen LogP contribution in [-0.4, -0.2) is 5.11 Å². The Hall–Kier alpha value is -1.80. The minimum absolute atomic E-state index is 0.0642. The fraction of sp³-hybridized carbons (Fsp3) is 0.294. The number of rotatable bonds is 4. The Labute approximate surface area is 114 Å². The number of aliphatic hydroxyl groups is 1. The van der Waals surface area contributed by atoms with E-state index in [1.54, 1.807) is 0 Å². The van der Waals surface area contributed by atoms with Crippen molar-refractivity contribution in [3.8, 4) is 11.5 Å². The van der Waals surface area contributed by atoms with E-state index in [4.69, 9.17) is 4.74 Å². The van der Waals surface area contributed by atoms with E-state index in [2.05, 4.69) is 19.9 Å². The first-order chi connectivity index (χ1) is 9.11. The van der Waals surface area contributed by atoms with E-state index in [1.165, 1.54) is 5.56 Å². The van der Waals surface area contributed by atoms with Gasteiger partial charge in [0.05, 0.1) is 6.61 Å². The molecule has 0 spiro atoms. The van der Waals surface area contributed by atoms with Crippen LogP contribution in [0.5, 0.6) is 11.5 Å². The van der Waals surface area contributed by atoms with Crippen molar-refractivity contribution < 1.29 is 9.84 Å². The Balaban J connectivity index is 2.29. The summed E-state index contributed by atoms with van der Waals surface area (Å²) in [7, 11) is 0. The largest absolute Gasteiger partial charge is 0.457 e. The molecule has 19 heavy (non-hydrogen) atoms. The van der Waals surface area contributed by atoms with Crippen LogP contribution in [0.25, 0.3) is 0 Å². The fourth-order valence-electron chi connectivity index (χ4n) is 2.09. The van der Waals surface area contributed by atoms with Crippen LogP contribution in [0, 0.1) is 6.92 Å². The number of hydrogen-bond acceptors (Lipinski definition) is 2. The van der Waals surface area contributed by atoms with Crippen LogP contribution in [0.2, 0.25) is 0 Å².